The van der Waals surface area contributed by atoms with Crippen molar-refractivity contribution in [2.24, 2.45) is 0 Å². The van der Waals surface area contributed by atoms with E-state index in [9.17, 15) is 0 Å². The Morgan fingerprint density at radius 3 is 1.29 bits per heavy atom. The number of rotatable bonds is 7. The molecule has 66 heavy (non-hydrogen) atoms. The summed E-state index contributed by atoms with van der Waals surface area (Å²) in [6.45, 7) is 13.6. The molecule has 2 aliphatic carbocycles. The van der Waals surface area contributed by atoms with E-state index in [4.69, 9.17) is 0 Å². The van der Waals surface area contributed by atoms with E-state index in [1.165, 1.54) is 44.5 Å². The molecule has 2 heteroatoms. The predicted octanol–water partition coefficient (Wildman–Crippen LogP) is 16.6. The minimum absolute atomic E-state index is 0.0101. The average molecular weight is 856 g/mol. The maximum Gasteiger partial charge on any atom is 0.123 e. The standard InChI is InChI=1S/C64H54FN/c1-61(2,3)43-26-30-47(31-27-43)63(45-18-10-7-11-19-45)57-25-17-16-24-53(57)54-38-35-52(42-60(54)63)66(50-22-14-9-15-23-50)51-36-39-58-56(41-51)55-37-34-49(65)40-59(55)64(58,46-20-12-8-13-21-46)48-32-28-44(29-33-48)62(4,5)6/h7-42H,1-6H3. The minimum atomic E-state index is -0.738. The molecule has 0 radical (unpaired) electrons. The first-order valence-electron chi connectivity index (χ1n) is 23.3. The molecule has 1 nitrogen and oxygen atoms in total. The van der Waals surface area contributed by atoms with E-state index in [-0.39, 0.29) is 16.6 Å². The van der Waals surface area contributed by atoms with Gasteiger partial charge in [-0.3, -0.25) is 0 Å². The number of fused-ring (bicyclic) bond motifs is 6. The van der Waals surface area contributed by atoms with Crippen LogP contribution in [0.3, 0.4) is 0 Å². The molecule has 0 aromatic heterocycles. The Morgan fingerprint density at radius 2 is 0.727 bits per heavy atom. The van der Waals surface area contributed by atoms with Crippen LogP contribution in [0.2, 0.25) is 0 Å². The fraction of sp³-hybridized carbons (Fsp3) is 0.156. The van der Waals surface area contributed by atoms with Crippen molar-refractivity contribution < 1.29 is 4.39 Å². The molecule has 0 amide bonds. The highest BCUT2D eigenvalue weighted by atomic mass is 19.1. The maximum absolute atomic E-state index is 15.8. The fourth-order valence-electron chi connectivity index (χ4n) is 11.3. The van der Waals surface area contributed by atoms with Crippen LogP contribution in [0.1, 0.15) is 97.2 Å². The molecule has 0 saturated carbocycles. The predicted molar refractivity (Wildman–Crippen MR) is 273 cm³/mol. The second-order valence-corrected chi connectivity index (χ2v) is 20.3. The summed E-state index contributed by atoms with van der Waals surface area (Å²) in [6.07, 6.45) is 0. The zero-order valence-corrected chi connectivity index (χ0v) is 38.6. The van der Waals surface area contributed by atoms with Crippen LogP contribution in [0, 0.1) is 5.82 Å². The molecule has 2 atom stereocenters. The smallest absolute Gasteiger partial charge is 0.123 e. The largest absolute Gasteiger partial charge is 0.310 e. The molecule has 2 unspecified atom stereocenters. The Morgan fingerprint density at radius 1 is 0.318 bits per heavy atom. The molecule has 0 N–H and O–H groups in total. The van der Waals surface area contributed by atoms with Crippen molar-refractivity contribution >= 4 is 17.1 Å². The van der Waals surface area contributed by atoms with Crippen LogP contribution >= 0.6 is 0 Å². The topological polar surface area (TPSA) is 3.24 Å². The first-order chi connectivity index (χ1) is 31.9. The molecule has 322 valence electrons. The molecule has 0 spiro atoms. The SMILES string of the molecule is CC(C)(C)c1ccc(C2(c3ccccc3)c3ccc(N(c4ccccc4)c4ccc5c(c4)C(c4ccccc4)(c4ccc(C(C)(C)C)cc4)c4ccccc4-5)cc3-c3ccc(F)cc32)cc1. The van der Waals surface area contributed by atoms with Gasteiger partial charge in [0.25, 0.3) is 0 Å². The Bertz CT molecular complexity index is 3250. The van der Waals surface area contributed by atoms with Crippen LogP contribution in [0.5, 0.6) is 0 Å². The normalized spacial score (nSPS) is 17.1. The lowest BCUT2D eigenvalue weighted by Gasteiger charge is -2.35. The van der Waals surface area contributed by atoms with Gasteiger partial charge in [-0.05, 0) is 137 Å². The van der Waals surface area contributed by atoms with Crippen LogP contribution in [-0.4, -0.2) is 0 Å². The Balaban J connectivity index is 1.15. The quantitative estimate of drug-likeness (QED) is 0.154. The zero-order valence-electron chi connectivity index (χ0n) is 38.6. The van der Waals surface area contributed by atoms with Gasteiger partial charge in [-0.1, -0.05) is 211 Å². The number of benzene rings is 9. The summed E-state index contributed by atoms with van der Waals surface area (Å²) in [7, 11) is 0. The average Bonchev–Trinajstić information content (AvgIpc) is 3.79. The third kappa shape index (κ3) is 6.33. The van der Waals surface area contributed by atoms with E-state index in [0.717, 1.165) is 50.4 Å². The fourth-order valence-corrected chi connectivity index (χ4v) is 11.3. The van der Waals surface area contributed by atoms with Gasteiger partial charge >= 0.3 is 0 Å². The molecule has 0 saturated heterocycles. The Kier molecular flexibility index (Phi) is 9.68. The highest BCUT2D eigenvalue weighted by Crippen LogP contribution is 2.60. The van der Waals surface area contributed by atoms with Crippen LogP contribution < -0.4 is 4.90 Å². The summed E-state index contributed by atoms with van der Waals surface area (Å²) in [5.74, 6) is -0.242. The minimum Gasteiger partial charge on any atom is -0.310 e. The van der Waals surface area contributed by atoms with Crippen molar-refractivity contribution in [3.63, 3.8) is 0 Å². The Labute approximate surface area is 389 Å². The second kappa shape index (κ2) is 15.4. The molecule has 11 rings (SSSR count). The van der Waals surface area contributed by atoms with Gasteiger partial charge in [0.05, 0.1) is 10.8 Å². The zero-order chi connectivity index (χ0) is 45.4. The first kappa shape index (κ1) is 41.4. The summed E-state index contributed by atoms with van der Waals surface area (Å²) < 4.78 is 15.8. The Hall–Kier alpha value is -7.29. The van der Waals surface area contributed by atoms with Crippen LogP contribution in [-0.2, 0) is 21.7 Å². The van der Waals surface area contributed by atoms with Gasteiger partial charge in [0.1, 0.15) is 5.82 Å². The molecule has 9 aromatic carbocycles. The summed E-state index contributed by atoms with van der Waals surface area (Å²) in [4.78, 5) is 2.39. The number of para-hydroxylation sites is 1. The summed E-state index contributed by atoms with van der Waals surface area (Å²) >= 11 is 0. The van der Waals surface area contributed by atoms with E-state index in [1.54, 1.807) is 12.1 Å². The third-order valence-electron chi connectivity index (χ3n) is 14.4. The number of halogens is 1. The molecular weight excluding hydrogens is 802 g/mol. The molecule has 0 bridgehead atoms. The number of nitrogens with zero attached hydrogens (tertiary/aromatic N) is 1. The van der Waals surface area contributed by atoms with Gasteiger partial charge in [-0.25, -0.2) is 4.39 Å². The van der Waals surface area contributed by atoms with E-state index in [0.29, 0.717) is 0 Å². The summed E-state index contributed by atoms with van der Waals surface area (Å²) in [5.41, 5.74) is 18.4. The van der Waals surface area contributed by atoms with Gasteiger partial charge in [-0.15, -0.1) is 0 Å². The van der Waals surface area contributed by atoms with E-state index >= 15 is 4.39 Å². The lowest BCUT2D eigenvalue weighted by atomic mass is 9.67. The van der Waals surface area contributed by atoms with Crippen LogP contribution in [0.15, 0.2) is 218 Å². The molecule has 2 aliphatic rings. The van der Waals surface area contributed by atoms with E-state index in [1.807, 2.05) is 6.07 Å². The van der Waals surface area contributed by atoms with Crippen molar-refractivity contribution in [2.75, 3.05) is 4.90 Å². The monoisotopic (exact) mass is 855 g/mol. The molecule has 0 fully saturated rings. The molecule has 0 heterocycles. The van der Waals surface area contributed by atoms with Gasteiger partial charge in [0.15, 0.2) is 0 Å². The van der Waals surface area contributed by atoms with Crippen molar-refractivity contribution in [2.45, 2.75) is 63.2 Å². The van der Waals surface area contributed by atoms with Crippen LogP contribution in [0.25, 0.3) is 22.3 Å². The van der Waals surface area contributed by atoms with Crippen molar-refractivity contribution in [3.05, 3.63) is 280 Å². The van der Waals surface area contributed by atoms with Gasteiger partial charge in [0.2, 0.25) is 0 Å². The highest BCUT2D eigenvalue weighted by Gasteiger charge is 2.48. The number of hydrogen-bond acceptors (Lipinski definition) is 1. The first-order valence-corrected chi connectivity index (χ1v) is 23.3. The van der Waals surface area contributed by atoms with Crippen molar-refractivity contribution in [1.29, 1.82) is 0 Å². The highest BCUT2D eigenvalue weighted by molar-refractivity contribution is 5.92. The van der Waals surface area contributed by atoms with Crippen molar-refractivity contribution in [3.8, 4) is 22.3 Å². The summed E-state index contributed by atoms with van der Waals surface area (Å²) in [6, 6.07) is 79.1. The molecule has 0 aliphatic heterocycles. The van der Waals surface area contributed by atoms with Crippen molar-refractivity contribution in [1.82, 2.24) is 0 Å². The molecule has 9 aromatic rings. The summed E-state index contributed by atoms with van der Waals surface area (Å²) in [5, 5.41) is 0. The van der Waals surface area contributed by atoms with Gasteiger partial charge < -0.3 is 4.90 Å². The lowest BCUT2D eigenvalue weighted by Crippen LogP contribution is -2.29. The maximum atomic E-state index is 15.8. The van der Waals surface area contributed by atoms with Gasteiger partial charge in [0, 0.05) is 17.1 Å². The second-order valence-electron chi connectivity index (χ2n) is 20.3. The van der Waals surface area contributed by atoms with E-state index in [2.05, 4.69) is 247 Å². The molecular formula is C64H54FN. The number of hydrogen-bond donors (Lipinski definition) is 0. The van der Waals surface area contributed by atoms with E-state index < -0.39 is 10.8 Å². The lowest BCUT2D eigenvalue weighted by molar-refractivity contribution is 0.589. The number of anilines is 3. The third-order valence-corrected chi connectivity index (χ3v) is 14.4. The van der Waals surface area contributed by atoms with Crippen LogP contribution in [0.4, 0.5) is 21.5 Å². The van der Waals surface area contributed by atoms with Gasteiger partial charge in [-0.2, -0.15) is 0 Å².